The number of amides is 1. The van der Waals surface area contributed by atoms with E-state index in [4.69, 9.17) is 0 Å². The van der Waals surface area contributed by atoms with Crippen LogP contribution in [0.15, 0.2) is 12.2 Å². The van der Waals surface area contributed by atoms with Crippen LogP contribution in [0.3, 0.4) is 0 Å². The highest BCUT2D eigenvalue weighted by atomic mass is 19.3. The van der Waals surface area contributed by atoms with E-state index in [2.05, 4.69) is 0 Å². The average Bonchev–Trinajstić information content (AvgIpc) is 1.99. The molecule has 0 aromatic rings. The third kappa shape index (κ3) is 3.09. The number of hydrogen-bond acceptors (Lipinski definition) is 1. The van der Waals surface area contributed by atoms with Crippen molar-refractivity contribution in [3.8, 4) is 0 Å². The van der Waals surface area contributed by atoms with Gasteiger partial charge in [0.15, 0.2) is 0 Å². The molecule has 1 aliphatic rings. The Hall–Kier alpha value is -0.930. The number of hydrogen-bond donors (Lipinski definition) is 0. The molecule has 0 aliphatic carbocycles. The molecular weight excluding hydrogens is 188 g/mol. The van der Waals surface area contributed by atoms with Gasteiger partial charge in [0.25, 0.3) is 5.92 Å². The monoisotopic (exact) mass is 203 g/mol. The van der Waals surface area contributed by atoms with E-state index in [-0.39, 0.29) is 5.91 Å². The Bertz CT molecular complexity index is 241. The summed E-state index contributed by atoms with van der Waals surface area (Å²) < 4.78 is 24.8. The topological polar surface area (TPSA) is 20.3 Å². The molecular formula is C10H15F2NO. The van der Waals surface area contributed by atoms with Crippen LogP contribution in [-0.4, -0.2) is 29.8 Å². The second kappa shape index (κ2) is 4.07. The molecule has 1 fully saturated rings. The standard InChI is InChI=1S/C10H15F2NO/c1-8(2)4-3-5-9(14)13-6-10(11,12)7-13/h3,5,8H,4,6-7H2,1-2H3/b5-3+. The lowest BCUT2D eigenvalue weighted by Gasteiger charge is -2.37. The lowest BCUT2D eigenvalue weighted by atomic mass is 10.1. The van der Waals surface area contributed by atoms with Gasteiger partial charge in [0.2, 0.25) is 5.91 Å². The van der Waals surface area contributed by atoms with Crippen LogP contribution in [0, 0.1) is 5.92 Å². The summed E-state index contributed by atoms with van der Waals surface area (Å²) in [7, 11) is 0. The van der Waals surface area contributed by atoms with Crippen molar-refractivity contribution in [3.05, 3.63) is 12.2 Å². The second-order valence-corrected chi connectivity index (χ2v) is 4.08. The van der Waals surface area contributed by atoms with Crippen molar-refractivity contribution in [3.63, 3.8) is 0 Å². The van der Waals surface area contributed by atoms with Gasteiger partial charge >= 0.3 is 0 Å². The fourth-order valence-corrected chi connectivity index (χ4v) is 1.21. The van der Waals surface area contributed by atoms with Crippen LogP contribution in [0.5, 0.6) is 0 Å². The van der Waals surface area contributed by atoms with Gasteiger partial charge < -0.3 is 4.90 Å². The summed E-state index contributed by atoms with van der Waals surface area (Å²) in [5.41, 5.74) is 0. The zero-order chi connectivity index (χ0) is 10.8. The van der Waals surface area contributed by atoms with E-state index in [9.17, 15) is 13.6 Å². The summed E-state index contributed by atoms with van der Waals surface area (Å²) in [5.74, 6) is -2.49. The van der Waals surface area contributed by atoms with Crippen LogP contribution >= 0.6 is 0 Å². The average molecular weight is 203 g/mol. The Balaban J connectivity index is 2.27. The molecule has 0 spiro atoms. The highest BCUT2D eigenvalue weighted by Gasteiger charge is 2.45. The first-order valence-electron chi connectivity index (χ1n) is 4.74. The zero-order valence-corrected chi connectivity index (χ0v) is 8.46. The minimum absolute atomic E-state index is 0.309. The Morgan fingerprint density at radius 2 is 2.07 bits per heavy atom. The predicted octanol–water partition coefficient (Wildman–Crippen LogP) is 2.07. The molecule has 2 nitrogen and oxygen atoms in total. The first kappa shape index (κ1) is 11.1. The van der Waals surface area contributed by atoms with E-state index >= 15 is 0 Å². The quantitative estimate of drug-likeness (QED) is 0.643. The highest BCUT2D eigenvalue weighted by Crippen LogP contribution is 2.26. The Morgan fingerprint density at radius 3 is 2.50 bits per heavy atom. The largest absolute Gasteiger partial charge is 0.327 e. The molecule has 80 valence electrons. The van der Waals surface area contributed by atoms with Crippen molar-refractivity contribution in [1.29, 1.82) is 0 Å². The van der Waals surface area contributed by atoms with Crippen molar-refractivity contribution < 1.29 is 13.6 Å². The fourth-order valence-electron chi connectivity index (χ4n) is 1.21. The molecule has 0 aromatic heterocycles. The molecule has 0 unspecified atom stereocenters. The maximum absolute atomic E-state index is 12.4. The molecule has 1 amide bonds. The summed E-state index contributed by atoms with van der Waals surface area (Å²) in [6, 6.07) is 0. The van der Waals surface area contributed by atoms with Crippen LogP contribution in [0.25, 0.3) is 0 Å². The number of carbonyl (C=O) groups excluding carboxylic acids is 1. The van der Waals surface area contributed by atoms with E-state index in [1.807, 2.05) is 13.8 Å². The number of halogens is 2. The first-order valence-corrected chi connectivity index (χ1v) is 4.74. The van der Waals surface area contributed by atoms with E-state index in [1.54, 1.807) is 6.08 Å². The predicted molar refractivity (Wildman–Crippen MR) is 50.1 cm³/mol. The summed E-state index contributed by atoms with van der Waals surface area (Å²) in [5, 5.41) is 0. The van der Waals surface area contributed by atoms with Gasteiger partial charge in [-0.05, 0) is 18.4 Å². The molecule has 1 rings (SSSR count). The molecule has 0 N–H and O–H groups in total. The number of alkyl halides is 2. The van der Waals surface area contributed by atoms with Crippen molar-refractivity contribution in [2.75, 3.05) is 13.1 Å². The van der Waals surface area contributed by atoms with Gasteiger partial charge in [-0.3, -0.25) is 4.79 Å². The van der Waals surface area contributed by atoms with Gasteiger partial charge in [0, 0.05) is 0 Å². The molecule has 0 bridgehead atoms. The third-order valence-corrected chi connectivity index (χ3v) is 2.02. The Kier molecular flexibility index (Phi) is 3.24. The number of carbonyl (C=O) groups is 1. The maximum atomic E-state index is 12.4. The number of likely N-dealkylation sites (tertiary alicyclic amines) is 1. The summed E-state index contributed by atoms with van der Waals surface area (Å²) in [6.07, 6.45) is 3.93. The molecule has 14 heavy (non-hydrogen) atoms. The Morgan fingerprint density at radius 1 is 1.50 bits per heavy atom. The molecule has 0 saturated carbocycles. The summed E-state index contributed by atoms with van der Waals surface area (Å²) >= 11 is 0. The number of nitrogens with zero attached hydrogens (tertiary/aromatic N) is 1. The van der Waals surface area contributed by atoms with Crippen LogP contribution in [-0.2, 0) is 4.79 Å². The van der Waals surface area contributed by atoms with Gasteiger partial charge in [0.1, 0.15) is 0 Å². The van der Waals surface area contributed by atoms with Gasteiger partial charge in [-0.25, -0.2) is 8.78 Å². The molecule has 1 saturated heterocycles. The number of rotatable bonds is 3. The van der Waals surface area contributed by atoms with Gasteiger partial charge in [-0.2, -0.15) is 0 Å². The van der Waals surface area contributed by atoms with Crippen molar-refractivity contribution in [1.82, 2.24) is 4.90 Å². The second-order valence-electron chi connectivity index (χ2n) is 4.08. The fraction of sp³-hybridized carbons (Fsp3) is 0.700. The zero-order valence-electron chi connectivity index (χ0n) is 8.46. The summed E-state index contributed by atoms with van der Waals surface area (Å²) in [4.78, 5) is 12.4. The highest BCUT2D eigenvalue weighted by molar-refractivity contribution is 5.88. The minimum atomic E-state index is -2.67. The molecule has 1 heterocycles. The molecule has 0 atom stereocenters. The SMILES string of the molecule is CC(C)C/C=C/C(=O)N1CC(F)(F)C1. The number of allylic oxidation sites excluding steroid dienone is 1. The molecule has 4 heteroatoms. The first-order chi connectivity index (χ1) is 6.41. The van der Waals surface area contributed by atoms with E-state index < -0.39 is 19.0 Å². The van der Waals surface area contributed by atoms with Gasteiger partial charge in [-0.1, -0.05) is 19.9 Å². The molecule has 1 aliphatic heterocycles. The van der Waals surface area contributed by atoms with E-state index in [0.29, 0.717) is 5.92 Å². The van der Waals surface area contributed by atoms with Crippen LogP contribution in [0.4, 0.5) is 8.78 Å². The molecule has 0 aromatic carbocycles. The van der Waals surface area contributed by atoms with Crippen LogP contribution in [0.1, 0.15) is 20.3 Å². The summed E-state index contributed by atoms with van der Waals surface area (Å²) in [6.45, 7) is 3.20. The van der Waals surface area contributed by atoms with Gasteiger partial charge in [0.05, 0.1) is 13.1 Å². The van der Waals surface area contributed by atoms with E-state index in [0.717, 1.165) is 11.3 Å². The minimum Gasteiger partial charge on any atom is -0.327 e. The van der Waals surface area contributed by atoms with Gasteiger partial charge in [-0.15, -0.1) is 0 Å². The van der Waals surface area contributed by atoms with E-state index in [1.165, 1.54) is 6.08 Å². The van der Waals surface area contributed by atoms with Crippen molar-refractivity contribution in [2.45, 2.75) is 26.2 Å². The van der Waals surface area contributed by atoms with Crippen LogP contribution < -0.4 is 0 Å². The molecule has 0 radical (unpaired) electrons. The van der Waals surface area contributed by atoms with Crippen molar-refractivity contribution >= 4 is 5.91 Å². The normalized spacial score (nSPS) is 20.2. The lowest BCUT2D eigenvalue weighted by Crippen LogP contribution is -2.58. The third-order valence-electron chi connectivity index (χ3n) is 2.02. The smallest absolute Gasteiger partial charge is 0.282 e. The lowest BCUT2D eigenvalue weighted by molar-refractivity contribution is -0.160. The Labute approximate surface area is 82.6 Å². The van der Waals surface area contributed by atoms with Crippen molar-refractivity contribution in [2.24, 2.45) is 5.92 Å². The maximum Gasteiger partial charge on any atom is 0.282 e. The van der Waals surface area contributed by atoms with Crippen LogP contribution in [0.2, 0.25) is 0 Å².